The number of nitrogens with zero attached hydrogens (tertiary/aromatic N) is 3. The minimum atomic E-state index is 0.298. The van der Waals surface area contributed by atoms with E-state index in [0.29, 0.717) is 18.1 Å². The highest BCUT2D eigenvalue weighted by atomic mass is 16.5. The van der Waals surface area contributed by atoms with Gasteiger partial charge >= 0.3 is 0 Å². The van der Waals surface area contributed by atoms with Crippen LogP contribution in [0.1, 0.15) is 19.0 Å². The molecule has 1 aliphatic rings. The maximum Gasteiger partial charge on any atom is 0.0843 e. The highest BCUT2D eigenvalue weighted by molar-refractivity contribution is 4.99. The first-order valence-electron chi connectivity index (χ1n) is 5.84. The van der Waals surface area contributed by atoms with Crippen molar-refractivity contribution in [1.29, 1.82) is 0 Å². The smallest absolute Gasteiger partial charge is 0.0843 e. The normalized spacial score (nSPS) is 27.2. The predicted molar refractivity (Wildman–Crippen MR) is 61.1 cm³/mol. The van der Waals surface area contributed by atoms with Gasteiger partial charge < -0.3 is 10.1 Å². The van der Waals surface area contributed by atoms with Crippen LogP contribution < -0.4 is 5.32 Å². The SMILES string of the molecule is CNC(Cc1cn(C)nn1)C1OCCC1C. The van der Waals surface area contributed by atoms with Crippen molar-refractivity contribution in [2.45, 2.75) is 31.9 Å². The molecule has 1 saturated heterocycles. The molecule has 0 spiro atoms. The van der Waals surface area contributed by atoms with Crippen LogP contribution in [0.25, 0.3) is 0 Å². The van der Waals surface area contributed by atoms with Gasteiger partial charge in [-0.15, -0.1) is 5.10 Å². The molecule has 3 unspecified atom stereocenters. The molecule has 2 heterocycles. The summed E-state index contributed by atoms with van der Waals surface area (Å²) in [5, 5.41) is 11.4. The summed E-state index contributed by atoms with van der Waals surface area (Å²) in [5.74, 6) is 0.620. The molecule has 1 aliphatic heterocycles. The maximum atomic E-state index is 5.78. The summed E-state index contributed by atoms with van der Waals surface area (Å²) >= 11 is 0. The summed E-state index contributed by atoms with van der Waals surface area (Å²) in [6.45, 7) is 3.13. The Morgan fingerprint density at radius 2 is 2.50 bits per heavy atom. The molecule has 5 nitrogen and oxygen atoms in total. The highest BCUT2D eigenvalue weighted by Crippen LogP contribution is 2.24. The van der Waals surface area contributed by atoms with Gasteiger partial charge in [-0.3, -0.25) is 4.68 Å². The zero-order chi connectivity index (χ0) is 11.5. The number of aryl methyl sites for hydroxylation is 1. The van der Waals surface area contributed by atoms with Crippen molar-refractivity contribution < 1.29 is 4.74 Å². The van der Waals surface area contributed by atoms with Crippen LogP contribution in [0.5, 0.6) is 0 Å². The molecule has 1 fully saturated rings. The third-order valence-electron chi connectivity index (χ3n) is 3.29. The van der Waals surface area contributed by atoms with Gasteiger partial charge in [0.25, 0.3) is 0 Å². The number of ether oxygens (including phenoxy) is 1. The quantitative estimate of drug-likeness (QED) is 0.803. The van der Waals surface area contributed by atoms with Crippen LogP contribution in [-0.4, -0.2) is 40.8 Å². The summed E-state index contributed by atoms with van der Waals surface area (Å²) in [6, 6.07) is 0.328. The lowest BCUT2D eigenvalue weighted by Crippen LogP contribution is -2.42. The van der Waals surface area contributed by atoms with E-state index in [1.165, 1.54) is 0 Å². The topological polar surface area (TPSA) is 52.0 Å². The fourth-order valence-electron chi connectivity index (χ4n) is 2.33. The van der Waals surface area contributed by atoms with Crippen molar-refractivity contribution in [3.05, 3.63) is 11.9 Å². The van der Waals surface area contributed by atoms with Crippen molar-refractivity contribution in [3.8, 4) is 0 Å². The Kier molecular flexibility index (Phi) is 3.56. The van der Waals surface area contributed by atoms with E-state index in [2.05, 4.69) is 22.6 Å². The van der Waals surface area contributed by atoms with Gasteiger partial charge in [0.2, 0.25) is 0 Å². The molecular formula is C11H20N4O. The summed E-state index contributed by atoms with van der Waals surface area (Å²) in [4.78, 5) is 0. The lowest BCUT2D eigenvalue weighted by molar-refractivity contribution is 0.0631. The molecule has 3 atom stereocenters. The van der Waals surface area contributed by atoms with Crippen LogP contribution >= 0.6 is 0 Å². The average molecular weight is 224 g/mol. The van der Waals surface area contributed by atoms with Crippen LogP contribution in [0.4, 0.5) is 0 Å². The number of aromatic nitrogens is 3. The monoisotopic (exact) mass is 224 g/mol. The second kappa shape index (κ2) is 4.93. The highest BCUT2D eigenvalue weighted by Gasteiger charge is 2.31. The van der Waals surface area contributed by atoms with Gasteiger partial charge in [-0.05, 0) is 19.4 Å². The van der Waals surface area contributed by atoms with Crippen LogP contribution in [0.15, 0.2) is 6.20 Å². The minimum absolute atomic E-state index is 0.298. The summed E-state index contributed by atoms with van der Waals surface area (Å²) in [6.07, 6.45) is 4.29. The van der Waals surface area contributed by atoms with E-state index in [4.69, 9.17) is 4.74 Å². The molecule has 16 heavy (non-hydrogen) atoms. The van der Waals surface area contributed by atoms with Gasteiger partial charge in [0.15, 0.2) is 0 Å². The fraction of sp³-hybridized carbons (Fsp3) is 0.818. The first kappa shape index (κ1) is 11.5. The Morgan fingerprint density at radius 3 is 3.00 bits per heavy atom. The molecule has 1 aromatic heterocycles. The first-order chi connectivity index (χ1) is 7.70. The number of hydrogen-bond donors (Lipinski definition) is 1. The summed E-state index contributed by atoms with van der Waals surface area (Å²) < 4.78 is 7.52. The van der Waals surface area contributed by atoms with Gasteiger partial charge in [-0.25, -0.2) is 0 Å². The Bertz CT molecular complexity index is 338. The van der Waals surface area contributed by atoms with Crippen LogP contribution in [-0.2, 0) is 18.2 Å². The second-order valence-corrected chi connectivity index (χ2v) is 4.58. The maximum absolute atomic E-state index is 5.78. The average Bonchev–Trinajstić information content (AvgIpc) is 2.84. The van der Waals surface area contributed by atoms with E-state index in [-0.39, 0.29) is 0 Å². The summed E-state index contributed by atoms with van der Waals surface area (Å²) in [5.41, 5.74) is 1.02. The number of likely N-dealkylation sites (N-methyl/N-ethyl adjacent to an activating group) is 1. The van der Waals surface area contributed by atoms with Crippen molar-refractivity contribution >= 4 is 0 Å². The third kappa shape index (κ3) is 2.41. The van der Waals surface area contributed by atoms with Gasteiger partial charge in [-0.1, -0.05) is 12.1 Å². The molecule has 0 bridgehead atoms. The van der Waals surface area contributed by atoms with Crippen molar-refractivity contribution in [2.24, 2.45) is 13.0 Å². The molecule has 90 valence electrons. The third-order valence-corrected chi connectivity index (χ3v) is 3.29. The molecule has 5 heteroatoms. The number of nitrogens with one attached hydrogen (secondary N) is 1. The molecule has 1 N–H and O–H groups in total. The Balaban J connectivity index is 2.00. The van der Waals surface area contributed by atoms with Gasteiger partial charge in [0, 0.05) is 32.3 Å². The lowest BCUT2D eigenvalue weighted by Gasteiger charge is -2.24. The number of hydrogen-bond acceptors (Lipinski definition) is 4. The van der Waals surface area contributed by atoms with Crippen molar-refractivity contribution in [1.82, 2.24) is 20.3 Å². The van der Waals surface area contributed by atoms with E-state index in [1.807, 2.05) is 20.3 Å². The standard InChI is InChI=1S/C11H20N4O/c1-8-4-5-16-11(8)10(12-2)6-9-7-15(3)14-13-9/h7-8,10-12H,4-6H2,1-3H3. The molecule has 0 radical (unpaired) electrons. The first-order valence-corrected chi connectivity index (χ1v) is 5.84. The lowest BCUT2D eigenvalue weighted by atomic mass is 9.95. The van der Waals surface area contributed by atoms with Crippen LogP contribution in [0.3, 0.4) is 0 Å². The Labute approximate surface area is 96.2 Å². The predicted octanol–water partition coefficient (Wildman–Crippen LogP) is 0.371. The van der Waals surface area contributed by atoms with Gasteiger partial charge in [0.1, 0.15) is 0 Å². The van der Waals surface area contributed by atoms with E-state index in [0.717, 1.165) is 25.1 Å². The molecule has 0 aromatic carbocycles. The number of rotatable bonds is 4. The molecule has 0 amide bonds. The van der Waals surface area contributed by atoms with E-state index in [9.17, 15) is 0 Å². The van der Waals surface area contributed by atoms with Crippen LogP contribution in [0.2, 0.25) is 0 Å². The zero-order valence-electron chi connectivity index (χ0n) is 10.2. The fourth-order valence-corrected chi connectivity index (χ4v) is 2.33. The Hall–Kier alpha value is -0.940. The van der Waals surface area contributed by atoms with Gasteiger partial charge in [0.05, 0.1) is 11.8 Å². The second-order valence-electron chi connectivity index (χ2n) is 4.58. The molecule has 2 rings (SSSR count). The van der Waals surface area contributed by atoms with Crippen LogP contribution in [0, 0.1) is 5.92 Å². The minimum Gasteiger partial charge on any atom is -0.376 e. The zero-order valence-corrected chi connectivity index (χ0v) is 10.2. The van der Waals surface area contributed by atoms with E-state index in [1.54, 1.807) is 4.68 Å². The Morgan fingerprint density at radius 1 is 1.69 bits per heavy atom. The molecule has 0 saturated carbocycles. The van der Waals surface area contributed by atoms with Crippen molar-refractivity contribution in [3.63, 3.8) is 0 Å². The largest absolute Gasteiger partial charge is 0.376 e. The molecule has 1 aromatic rings. The molecular weight excluding hydrogens is 204 g/mol. The summed E-state index contributed by atoms with van der Waals surface area (Å²) in [7, 11) is 3.87. The van der Waals surface area contributed by atoms with E-state index < -0.39 is 0 Å². The van der Waals surface area contributed by atoms with Gasteiger partial charge in [-0.2, -0.15) is 0 Å². The molecule has 0 aliphatic carbocycles. The van der Waals surface area contributed by atoms with Crippen molar-refractivity contribution in [2.75, 3.05) is 13.7 Å². The van der Waals surface area contributed by atoms with E-state index >= 15 is 0 Å².